The molecule has 0 radical (unpaired) electrons. The molecule has 0 heterocycles. The van der Waals surface area contributed by atoms with E-state index in [1.807, 2.05) is 0 Å². The number of halogens is 2. The lowest BCUT2D eigenvalue weighted by Crippen LogP contribution is -2.30. The molecule has 2 N–H and O–H groups in total. The van der Waals surface area contributed by atoms with Crippen molar-refractivity contribution < 1.29 is 38.0 Å². The second kappa shape index (κ2) is 7.95. The van der Waals surface area contributed by atoms with E-state index < -0.39 is 23.3 Å². The number of carbonyl (C=O) groups excluding carboxylic acids is 1. The summed E-state index contributed by atoms with van der Waals surface area (Å²) in [6.45, 7) is 0.0346. The van der Waals surface area contributed by atoms with Crippen LogP contribution in [0.2, 0.25) is 0 Å². The number of carbonyl (C=O) groups is 1. The van der Waals surface area contributed by atoms with Crippen molar-refractivity contribution in [2.75, 3.05) is 13.2 Å². The maximum absolute atomic E-state index is 13.0. The van der Waals surface area contributed by atoms with E-state index in [2.05, 4.69) is 14.1 Å². The molecule has 19 heavy (non-hydrogen) atoms. The van der Waals surface area contributed by atoms with Crippen molar-refractivity contribution in [2.24, 2.45) is 11.8 Å². The van der Waals surface area contributed by atoms with Gasteiger partial charge in [0.1, 0.15) is 12.0 Å². The number of hydrogen-bond donors (Lipinski definition) is 2. The van der Waals surface area contributed by atoms with E-state index in [0.29, 0.717) is 0 Å². The van der Waals surface area contributed by atoms with Gasteiger partial charge in [0.15, 0.2) is 0 Å². The average Bonchev–Trinajstić information content (AvgIpc) is 2.43. The molecule has 0 saturated heterocycles. The second-order valence-corrected chi connectivity index (χ2v) is 5.23. The molecule has 1 saturated carbocycles. The second-order valence-electron chi connectivity index (χ2n) is 4.41. The van der Waals surface area contributed by atoms with Crippen LogP contribution in [-0.4, -0.2) is 34.8 Å². The van der Waals surface area contributed by atoms with Crippen LogP contribution in [0.5, 0.6) is 0 Å². The minimum Gasteiger partial charge on any atom is -0.460 e. The summed E-state index contributed by atoms with van der Waals surface area (Å²) >= 11 is -0.636. The number of aliphatic hydroxyl groups is 1. The quantitative estimate of drug-likeness (QED) is 0.322. The van der Waals surface area contributed by atoms with Crippen LogP contribution >= 0.6 is 12.0 Å². The topological polar surface area (TPSA) is 85.2 Å². The summed E-state index contributed by atoms with van der Waals surface area (Å²) in [5.74, 6) is -1.46. The van der Waals surface area contributed by atoms with Gasteiger partial charge in [0.25, 0.3) is 0 Å². The molecule has 0 spiro atoms. The first kappa shape index (κ1) is 16.6. The van der Waals surface area contributed by atoms with E-state index >= 15 is 0 Å². The fourth-order valence-electron chi connectivity index (χ4n) is 1.95. The number of esters is 1. The third-order valence-corrected chi connectivity index (χ3v) is 3.59. The van der Waals surface area contributed by atoms with E-state index in [1.54, 1.807) is 0 Å². The van der Waals surface area contributed by atoms with Crippen molar-refractivity contribution >= 4 is 18.0 Å². The molecule has 1 aliphatic carbocycles. The summed E-state index contributed by atoms with van der Waals surface area (Å²) < 4.78 is 34.1. The predicted molar refractivity (Wildman–Crippen MR) is 60.8 cm³/mol. The fourth-order valence-corrected chi connectivity index (χ4v) is 2.19. The molecule has 112 valence electrons. The molecule has 6 nitrogen and oxygen atoms in total. The molecule has 1 rings (SSSR count). The summed E-state index contributed by atoms with van der Waals surface area (Å²) in [6.07, 6.45) is 3.05. The highest BCUT2D eigenvalue weighted by Gasteiger charge is 2.44. The van der Waals surface area contributed by atoms with Crippen LogP contribution in [-0.2, 0) is 18.9 Å². The van der Waals surface area contributed by atoms with Crippen LogP contribution in [0.1, 0.15) is 25.7 Å². The van der Waals surface area contributed by atoms with E-state index in [9.17, 15) is 13.6 Å². The molecule has 1 fully saturated rings. The Hall–Kier alpha value is -0.480. The van der Waals surface area contributed by atoms with Gasteiger partial charge in [-0.3, -0.25) is 0 Å². The Kier molecular flexibility index (Phi) is 6.94. The monoisotopic (exact) mass is 302 g/mol. The molecule has 0 amide bonds. The third kappa shape index (κ3) is 5.57. The number of alkyl halides is 2. The van der Waals surface area contributed by atoms with Crippen LogP contribution in [0.15, 0.2) is 0 Å². The lowest BCUT2D eigenvalue weighted by Gasteiger charge is -2.27. The van der Waals surface area contributed by atoms with E-state index in [-0.39, 0.29) is 25.0 Å². The van der Waals surface area contributed by atoms with Gasteiger partial charge in [-0.25, -0.2) is 10.1 Å². The van der Waals surface area contributed by atoms with Gasteiger partial charge in [0, 0.05) is 6.61 Å². The third-order valence-electron chi connectivity index (χ3n) is 3.08. The Morgan fingerprint density at radius 2 is 1.84 bits per heavy atom. The molecule has 0 aromatic carbocycles. The van der Waals surface area contributed by atoms with Crippen molar-refractivity contribution in [3.63, 3.8) is 0 Å². The molecule has 0 bridgehead atoms. The van der Waals surface area contributed by atoms with E-state index in [1.165, 1.54) is 0 Å². The Balaban J connectivity index is 2.26. The first-order chi connectivity index (χ1) is 8.99. The van der Waals surface area contributed by atoms with Gasteiger partial charge < -0.3 is 9.84 Å². The Labute approximate surface area is 113 Å². The van der Waals surface area contributed by atoms with Gasteiger partial charge in [-0.2, -0.15) is 8.78 Å². The van der Waals surface area contributed by atoms with Gasteiger partial charge >= 0.3 is 11.2 Å². The van der Waals surface area contributed by atoms with Crippen LogP contribution in [0, 0.1) is 11.8 Å². The first-order valence-corrected chi connectivity index (χ1v) is 6.55. The minimum absolute atomic E-state index is 0.0301. The zero-order chi connectivity index (χ0) is 14.3. The fraction of sp³-hybridized carbons (Fsp3) is 0.900. The first-order valence-electron chi connectivity index (χ1n) is 5.81. The van der Waals surface area contributed by atoms with Crippen LogP contribution in [0.25, 0.3) is 0 Å². The molecule has 0 aliphatic heterocycles. The number of aliphatic hydroxyl groups excluding tert-OH is 1. The SMILES string of the molecule is O=C(OCC1CCC(CO)CC1)C(F)(F)SOOO. The van der Waals surface area contributed by atoms with Gasteiger partial charge in [-0.1, -0.05) is 5.04 Å². The van der Waals surface area contributed by atoms with Crippen molar-refractivity contribution in [1.29, 1.82) is 0 Å². The van der Waals surface area contributed by atoms with Crippen molar-refractivity contribution in [3.8, 4) is 0 Å². The molecule has 0 atom stereocenters. The maximum Gasteiger partial charge on any atom is 0.415 e. The summed E-state index contributed by atoms with van der Waals surface area (Å²) in [6, 6.07) is 0. The molecular weight excluding hydrogens is 286 g/mol. The van der Waals surface area contributed by atoms with E-state index in [4.69, 9.17) is 10.4 Å². The predicted octanol–water partition coefficient (Wildman–Crippen LogP) is 1.99. The highest BCUT2D eigenvalue weighted by atomic mass is 32.2. The van der Waals surface area contributed by atoms with Gasteiger partial charge in [-0.15, -0.1) is 4.33 Å². The number of ether oxygens (including phenoxy) is 1. The molecule has 0 aromatic heterocycles. The summed E-state index contributed by atoms with van der Waals surface area (Å²) in [5.41, 5.74) is 0. The highest BCUT2D eigenvalue weighted by Crippen LogP contribution is 2.33. The van der Waals surface area contributed by atoms with Crippen LogP contribution in [0.4, 0.5) is 8.78 Å². The van der Waals surface area contributed by atoms with Crippen LogP contribution < -0.4 is 0 Å². The van der Waals surface area contributed by atoms with E-state index in [0.717, 1.165) is 25.7 Å². The van der Waals surface area contributed by atoms with Gasteiger partial charge in [0.2, 0.25) is 0 Å². The minimum atomic E-state index is -3.94. The Morgan fingerprint density at radius 1 is 1.26 bits per heavy atom. The molecule has 1 aliphatic rings. The average molecular weight is 302 g/mol. The normalized spacial score (nSPS) is 24.2. The Bertz CT molecular complexity index is 283. The zero-order valence-corrected chi connectivity index (χ0v) is 10.9. The largest absolute Gasteiger partial charge is 0.460 e. The van der Waals surface area contributed by atoms with Crippen molar-refractivity contribution in [3.05, 3.63) is 0 Å². The lowest BCUT2D eigenvalue weighted by atomic mass is 9.83. The number of rotatable bonds is 7. The van der Waals surface area contributed by atoms with Gasteiger partial charge in [0.05, 0.1) is 6.61 Å². The standard InChI is InChI=1S/C10H16F2O6S/c11-10(12,19-18-17-15)9(14)16-6-8-3-1-7(5-13)2-4-8/h7-8,13,15H,1-6H2. The summed E-state index contributed by atoms with van der Waals surface area (Å²) in [7, 11) is 0. The molecule has 0 aromatic rings. The zero-order valence-electron chi connectivity index (χ0n) is 10.1. The van der Waals surface area contributed by atoms with Crippen LogP contribution in [0.3, 0.4) is 0 Å². The number of hydrogen-bond acceptors (Lipinski definition) is 7. The maximum atomic E-state index is 13.0. The molecule has 9 heteroatoms. The lowest BCUT2D eigenvalue weighted by molar-refractivity contribution is -0.433. The molecule has 0 unspecified atom stereocenters. The summed E-state index contributed by atoms with van der Waals surface area (Å²) in [4.78, 5) is 11.1. The van der Waals surface area contributed by atoms with Crippen molar-refractivity contribution in [1.82, 2.24) is 0 Å². The van der Waals surface area contributed by atoms with Gasteiger partial charge in [-0.05, 0) is 37.5 Å². The Morgan fingerprint density at radius 3 is 2.37 bits per heavy atom. The van der Waals surface area contributed by atoms with Crippen molar-refractivity contribution in [2.45, 2.75) is 30.9 Å². The molecular formula is C10H16F2O6S. The highest BCUT2D eigenvalue weighted by molar-refractivity contribution is 7.96. The smallest absolute Gasteiger partial charge is 0.415 e. The summed E-state index contributed by atoms with van der Waals surface area (Å²) in [5, 5.41) is 15.8.